The largest absolute Gasteiger partial charge is 0.396 e. The van der Waals surface area contributed by atoms with Gasteiger partial charge in [0, 0.05) is 25.4 Å². The minimum Gasteiger partial charge on any atom is -0.396 e. The van der Waals surface area contributed by atoms with Gasteiger partial charge < -0.3 is 15.3 Å². The molecule has 0 aliphatic carbocycles. The minimum absolute atomic E-state index is 0.00922. The fourth-order valence-corrected chi connectivity index (χ4v) is 2.29. The zero-order chi connectivity index (χ0) is 14.5. The van der Waals surface area contributed by atoms with Gasteiger partial charge in [-0.25, -0.2) is 4.39 Å². The van der Waals surface area contributed by atoms with Gasteiger partial charge in [0.2, 0.25) is 0 Å². The van der Waals surface area contributed by atoms with Gasteiger partial charge in [0.25, 0.3) is 0 Å². The number of anilines is 1. The quantitative estimate of drug-likeness (QED) is 0.794. The maximum atomic E-state index is 13.0. The number of piperidine rings is 1. The number of nitrogens with zero attached hydrogens (tertiary/aromatic N) is 1. The lowest BCUT2D eigenvalue weighted by Gasteiger charge is -2.31. The molecule has 1 unspecified atom stereocenters. The monoisotopic (exact) mass is 280 g/mol. The van der Waals surface area contributed by atoms with Crippen LogP contribution in [0, 0.1) is 11.7 Å². The third-order valence-electron chi connectivity index (χ3n) is 3.34. The summed E-state index contributed by atoms with van der Waals surface area (Å²) < 4.78 is 13.0. The van der Waals surface area contributed by atoms with Crippen LogP contribution in [0.3, 0.4) is 0 Å². The molecule has 1 saturated heterocycles. The van der Waals surface area contributed by atoms with Crippen LogP contribution in [-0.4, -0.2) is 41.5 Å². The van der Waals surface area contributed by atoms with E-state index in [1.165, 1.54) is 23.1 Å². The number of carbonyl (C=O) groups is 2. The van der Waals surface area contributed by atoms with E-state index < -0.39 is 17.6 Å². The number of aliphatic hydroxyl groups excluding tert-OH is 1. The van der Waals surface area contributed by atoms with Crippen LogP contribution < -0.4 is 5.32 Å². The smallest absolute Gasteiger partial charge is 0.313 e. The lowest BCUT2D eigenvalue weighted by atomic mass is 9.99. The molecule has 1 heterocycles. The molecule has 1 fully saturated rings. The highest BCUT2D eigenvalue weighted by molar-refractivity contribution is 6.39. The molecular weight excluding hydrogens is 263 g/mol. The Bertz CT molecular complexity index is 507. The molecule has 20 heavy (non-hydrogen) atoms. The van der Waals surface area contributed by atoms with Crippen molar-refractivity contribution in [3.63, 3.8) is 0 Å². The minimum atomic E-state index is -0.783. The van der Waals surface area contributed by atoms with Gasteiger partial charge in [-0.1, -0.05) is 6.07 Å². The normalized spacial score (nSPS) is 18.7. The van der Waals surface area contributed by atoms with Gasteiger partial charge >= 0.3 is 11.8 Å². The first-order valence-corrected chi connectivity index (χ1v) is 6.57. The zero-order valence-electron chi connectivity index (χ0n) is 11.0. The molecule has 1 aromatic carbocycles. The first-order chi connectivity index (χ1) is 9.60. The fourth-order valence-electron chi connectivity index (χ4n) is 2.29. The van der Waals surface area contributed by atoms with Crippen LogP contribution in [0.1, 0.15) is 12.8 Å². The summed E-state index contributed by atoms with van der Waals surface area (Å²) in [5.74, 6) is -1.88. The molecule has 108 valence electrons. The predicted molar refractivity (Wildman–Crippen MR) is 71.4 cm³/mol. The van der Waals surface area contributed by atoms with Gasteiger partial charge in [0.15, 0.2) is 0 Å². The van der Waals surface area contributed by atoms with Gasteiger partial charge in [0.1, 0.15) is 5.82 Å². The number of aliphatic hydroxyl groups is 1. The van der Waals surface area contributed by atoms with Gasteiger partial charge in [-0.05, 0) is 37.0 Å². The van der Waals surface area contributed by atoms with Crippen molar-refractivity contribution in [1.29, 1.82) is 0 Å². The average molecular weight is 280 g/mol. The summed E-state index contributed by atoms with van der Waals surface area (Å²) in [4.78, 5) is 25.2. The third-order valence-corrected chi connectivity index (χ3v) is 3.34. The van der Waals surface area contributed by atoms with E-state index in [4.69, 9.17) is 5.11 Å². The van der Waals surface area contributed by atoms with E-state index in [0.29, 0.717) is 13.1 Å². The fraction of sp³-hybridized carbons (Fsp3) is 0.429. The molecule has 1 aliphatic heterocycles. The SMILES string of the molecule is O=C(Nc1cccc(F)c1)C(=O)N1CCCC(CO)C1. The summed E-state index contributed by atoms with van der Waals surface area (Å²) >= 11 is 0. The Balaban J connectivity index is 1.96. The molecule has 0 bridgehead atoms. The van der Waals surface area contributed by atoms with Crippen molar-refractivity contribution in [2.75, 3.05) is 25.0 Å². The summed E-state index contributed by atoms with van der Waals surface area (Å²) in [6, 6.07) is 5.38. The Morgan fingerprint density at radius 3 is 2.95 bits per heavy atom. The van der Waals surface area contributed by atoms with E-state index in [1.54, 1.807) is 0 Å². The number of nitrogens with one attached hydrogen (secondary N) is 1. The number of hydrogen-bond donors (Lipinski definition) is 2. The van der Waals surface area contributed by atoms with E-state index in [9.17, 15) is 14.0 Å². The highest BCUT2D eigenvalue weighted by atomic mass is 19.1. The second kappa shape index (κ2) is 6.47. The van der Waals surface area contributed by atoms with Crippen molar-refractivity contribution in [1.82, 2.24) is 4.90 Å². The van der Waals surface area contributed by atoms with E-state index in [2.05, 4.69) is 5.32 Å². The summed E-state index contributed by atoms with van der Waals surface area (Å²) in [5, 5.41) is 11.5. The molecule has 2 N–H and O–H groups in total. The molecule has 5 nitrogen and oxygen atoms in total. The zero-order valence-corrected chi connectivity index (χ0v) is 11.0. The molecule has 2 amide bonds. The Morgan fingerprint density at radius 1 is 1.45 bits per heavy atom. The molecule has 0 spiro atoms. The highest BCUT2D eigenvalue weighted by Crippen LogP contribution is 2.16. The van der Waals surface area contributed by atoms with Crippen molar-refractivity contribution in [3.05, 3.63) is 30.1 Å². The number of benzene rings is 1. The van der Waals surface area contributed by atoms with Crippen LogP contribution in [0.5, 0.6) is 0 Å². The van der Waals surface area contributed by atoms with E-state index in [1.807, 2.05) is 0 Å². The maximum Gasteiger partial charge on any atom is 0.313 e. The number of likely N-dealkylation sites (tertiary alicyclic amines) is 1. The van der Waals surface area contributed by atoms with Crippen LogP contribution in [-0.2, 0) is 9.59 Å². The lowest BCUT2D eigenvalue weighted by Crippen LogP contribution is -2.45. The van der Waals surface area contributed by atoms with Crippen LogP contribution in [0.2, 0.25) is 0 Å². The molecular formula is C14H17FN2O3. The molecule has 1 atom stereocenters. The number of rotatable bonds is 2. The number of halogens is 1. The number of amides is 2. The second-order valence-corrected chi connectivity index (χ2v) is 4.91. The number of carbonyl (C=O) groups excluding carboxylic acids is 2. The molecule has 1 aromatic rings. The topological polar surface area (TPSA) is 69.6 Å². The summed E-state index contributed by atoms with van der Waals surface area (Å²) in [5.41, 5.74) is 0.249. The van der Waals surface area contributed by atoms with Gasteiger partial charge in [-0.15, -0.1) is 0 Å². The van der Waals surface area contributed by atoms with Crippen LogP contribution in [0.4, 0.5) is 10.1 Å². The Hall–Kier alpha value is -1.95. The van der Waals surface area contributed by atoms with Crippen LogP contribution in [0.25, 0.3) is 0 Å². The molecule has 6 heteroatoms. The van der Waals surface area contributed by atoms with Crippen molar-refractivity contribution in [2.45, 2.75) is 12.8 Å². The highest BCUT2D eigenvalue weighted by Gasteiger charge is 2.27. The van der Waals surface area contributed by atoms with Crippen LogP contribution in [0.15, 0.2) is 24.3 Å². The predicted octanol–water partition coefficient (Wildman–Crippen LogP) is 0.995. The molecule has 2 rings (SSSR count). The van der Waals surface area contributed by atoms with Crippen molar-refractivity contribution in [2.24, 2.45) is 5.92 Å². The van der Waals surface area contributed by atoms with Gasteiger partial charge in [0.05, 0.1) is 0 Å². The molecule has 1 aliphatic rings. The third kappa shape index (κ3) is 3.54. The molecule has 0 aromatic heterocycles. The maximum absolute atomic E-state index is 13.0. The lowest BCUT2D eigenvalue weighted by molar-refractivity contribution is -0.144. The number of hydrogen-bond acceptors (Lipinski definition) is 3. The molecule has 0 radical (unpaired) electrons. The Labute approximate surface area is 116 Å². The summed E-state index contributed by atoms with van der Waals surface area (Å²) in [7, 11) is 0. The summed E-state index contributed by atoms with van der Waals surface area (Å²) in [6.45, 7) is 0.896. The van der Waals surface area contributed by atoms with Crippen molar-refractivity contribution < 1.29 is 19.1 Å². The van der Waals surface area contributed by atoms with Gasteiger partial charge in [-0.2, -0.15) is 0 Å². The first-order valence-electron chi connectivity index (χ1n) is 6.57. The molecule has 0 saturated carbocycles. The second-order valence-electron chi connectivity index (χ2n) is 4.91. The average Bonchev–Trinajstić information content (AvgIpc) is 2.46. The van der Waals surface area contributed by atoms with Crippen molar-refractivity contribution >= 4 is 17.5 Å². The Morgan fingerprint density at radius 2 is 2.25 bits per heavy atom. The van der Waals surface area contributed by atoms with Crippen LogP contribution >= 0.6 is 0 Å². The standard InChI is InChI=1S/C14H17FN2O3/c15-11-4-1-5-12(7-11)16-13(19)14(20)17-6-2-3-10(8-17)9-18/h1,4-5,7,10,18H,2-3,6,8-9H2,(H,16,19). The Kier molecular flexibility index (Phi) is 4.68. The van der Waals surface area contributed by atoms with Gasteiger partial charge in [-0.3, -0.25) is 9.59 Å². The van der Waals surface area contributed by atoms with E-state index >= 15 is 0 Å². The first kappa shape index (κ1) is 14.5. The van der Waals surface area contributed by atoms with Crippen molar-refractivity contribution in [3.8, 4) is 0 Å². The van der Waals surface area contributed by atoms with E-state index in [0.717, 1.165) is 18.9 Å². The van der Waals surface area contributed by atoms with E-state index in [-0.39, 0.29) is 18.2 Å². The summed E-state index contributed by atoms with van der Waals surface area (Å²) in [6.07, 6.45) is 1.62.